The van der Waals surface area contributed by atoms with E-state index >= 15 is 0 Å². The first kappa shape index (κ1) is 12.2. The highest BCUT2D eigenvalue weighted by Gasteiger charge is 2.02. The molecule has 17 heavy (non-hydrogen) atoms. The maximum Gasteiger partial charge on any atom is 0.221 e. The van der Waals surface area contributed by atoms with Crippen molar-refractivity contribution in [3.8, 4) is 0 Å². The second-order valence-corrected chi connectivity index (χ2v) is 4.70. The normalized spacial score (nSPS) is 10.9. The zero-order chi connectivity index (χ0) is 12.1. The highest BCUT2D eigenvalue weighted by Crippen LogP contribution is 2.19. The molecule has 0 aliphatic heterocycles. The van der Waals surface area contributed by atoms with Crippen LogP contribution in [0.2, 0.25) is 0 Å². The van der Waals surface area contributed by atoms with Gasteiger partial charge < -0.3 is 4.98 Å². The monoisotopic (exact) mass is 249 g/mol. The highest BCUT2D eigenvalue weighted by molar-refractivity contribution is 6.63. The molecule has 0 spiro atoms. The van der Waals surface area contributed by atoms with Crippen molar-refractivity contribution in [3.63, 3.8) is 0 Å². The number of unbranched alkanes of at least 4 members (excludes halogenated alkanes) is 2. The molecule has 90 valence electrons. The standard InChI is InChI=1S/C14H16ClNO/c15-14(17)9-3-1-2-6-11-10-16-13-8-5-4-7-12(11)13/h4-5,7-8,10,16H,1-3,6,9H2. The van der Waals surface area contributed by atoms with Gasteiger partial charge in [-0.25, -0.2) is 0 Å². The number of carbonyl (C=O) groups excluding carboxylic acids is 1. The van der Waals surface area contributed by atoms with Gasteiger partial charge in [0.05, 0.1) is 0 Å². The van der Waals surface area contributed by atoms with Crippen molar-refractivity contribution in [1.82, 2.24) is 4.98 Å². The fourth-order valence-corrected chi connectivity index (χ4v) is 2.23. The van der Waals surface area contributed by atoms with E-state index in [1.165, 1.54) is 16.5 Å². The van der Waals surface area contributed by atoms with Crippen LogP contribution in [0.3, 0.4) is 0 Å². The molecule has 0 aliphatic rings. The van der Waals surface area contributed by atoms with Gasteiger partial charge in [0, 0.05) is 23.5 Å². The number of hydrogen-bond donors (Lipinski definition) is 1. The van der Waals surface area contributed by atoms with Crippen molar-refractivity contribution >= 4 is 27.7 Å². The minimum Gasteiger partial charge on any atom is -0.361 e. The van der Waals surface area contributed by atoms with Gasteiger partial charge in [0.2, 0.25) is 5.24 Å². The first-order valence-electron chi connectivity index (χ1n) is 6.00. The summed E-state index contributed by atoms with van der Waals surface area (Å²) in [4.78, 5) is 13.8. The lowest BCUT2D eigenvalue weighted by atomic mass is 10.1. The van der Waals surface area contributed by atoms with Gasteiger partial charge in [0.25, 0.3) is 0 Å². The molecule has 1 N–H and O–H groups in total. The molecule has 1 heterocycles. The lowest BCUT2D eigenvalue weighted by Gasteiger charge is -1.99. The van der Waals surface area contributed by atoms with Crippen LogP contribution >= 0.6 is 11.6 Å². The number of fused-ring (bicyclic) bond motifs is 1. The van der Waals surface area contributed by atoms with Gasteiger partial charge in [-0.2, -0.15) is 0 Å². The molecule has 0 bridgehead atoms. The average molecular weight is 250 g/mol. The van der Waals surface area contributed by atoms with Crippen LogP contribution in [0.5, 0.6) is 0 Å². The van der Waals surface area contributed by atoms with E-state index in [0.717, 1.165) is 25.7 Å². The summed E-state index contributed by atoms with van der Waals surface area (Å²) in [5, 5.41) is 1.08. The van der Waals surface area contributed by atoms with Crippen LogP contribution in [0.15, 0.2) is 30.5 Å². The molecule has 0 aliphatic carbocycles. The number of para-hydroxylation sites is 1. The number of nitrogens with one attached hydrogen (secondary N) is 1. The van der Waals surface area contributed by atoms with Crippen LogP contribution in [0.1, 0.15) is 31.2 Å². The van der Waals surface area contributed by atoms with Gasteiger partial charge in [-0.15, -0.1) is 0 Å². The van der Waals surface area contributed by atoms with Gasteiger partial charge in [0.15, 0.2) is 0 Å². The van der Waals surface area contributed by atoms with E-state index < -0.39 is 0 Å². The van der Waals surface area contributed by atoms with Crippen molar-refractivity contribution in [2.75, 3.05) is 0 Å². The Morgan fingerprint density at radius 3 is 2.82 bits per heavy atom. The number of carbonyl (C=O) groups is 1. The van der Waals surface area contributed by atoms with E-state index in [2.05, 4.69) is 29.4 Å². The molecule has 0 unspecified atom stereocenters. The Hall–Kier alpha value is -1.28. The largest absolute Gasteiger partial charge is 0.361 e. The Labute approximate surface area is 106 Å². The van der Waals surface area contributed by atoms with E-state index in [1.54, 1.807) is 0 Å². The van der Waals surface area contributed by atoms with Crippen LogP contribution in [0.25, 0.3) is 10.9 Å². The summed E-state index contributed by atoms with van der Waals surface area (Å²) in [6.45, 7) is 0. The lowest BCUT2D eigenvalue weighted by molar-refractivity contribution is -0.111. The molecule has 0 amide bonds. The number of aromatic amines is 1. The lowest BCUT2D eigenvalue weighted by Crippen LogP contribution is -1.88. The summed E-state index contributed by atoms with van der Waals surface area (Å²) in [7, 11) is 0. The van der Waals surface area contributed by atoms with Crippen LogP contribution < -0.4 is 0 Å². The molecule has 0 saturated heterocycles. The molecule has 1 aromatic carbocycles. The predicted molar refractivity (Wildman–Crippen MR) is 71.3 cm³/mol. The SMILES string of the molecule is O=C(Cl)CCCCCc1c[nH]c2ccccc12. The number of aromatic nitrogens is 1. The molecule has 2 rings (SSSR count). The molecule has 2 aromatic rings. The Morgan fingerprint density at radius 2 is 2.00 bits per heavy atom. The Bertz CT molecular complexity index is 504. The molecule has 0 saturated carbocycles. The molecular weight excluding hydrogens is 234 g/mol. The van der Waals surface area contributed by atoms with Crippen LogP contribution in [0.4, 0.5) is 0 Å². The van der Waals surface area contributed by atoms with Crippen LogP contribution in [-0.2, 0) is 11.2 Å². The number of aryl methyl sites for hydroxylation is 1. The summed E-state index contributed by atoms with van der Waals surface area (Å²) in [6, 6.07) is 8.33. The maximum absolute atomic E-state index is 10.6. The fraction of sp³-hybridized carbons (Fsp3) is 0.357. The highest BCUT2D eigenvalue weighted by atomic mass is 35.5. The topological polar surface area (TPSA) is 32.9 Å². The number of rotatable bonds is 6. The van der Waals surface area contributed by atoms with E-state index in [0.29, 0.717) is 6.42 Å². The van der Waals surface area contributed by atoms with Gasteiger partial charge in [-0.05, 0) is 42.5 Å². The van der Waals surface area contributed by atoms with Gasteiger partial charge >= 0.3 is 0 Å². The number of H-pyrrole nitrogens is 1. The van der Waals surface area contributed by atoms with Crippen LogP contribution in [0, 0.1) is 0 Å². The molecule has 3 heteroatoms. The Balaban J connectivity index is 1.85. The Morgan fingerprint density at radius 1 is 1.18 bits per heavy atom. The van der Waals surface area contributed by atoms with Crippen molar-refractivity contribution in [2.45, 2.75) is 32.1 Å². The van der Waals surface area contributed by atoms with Crippen molar-refractivity contribution in [3.05, 3.63) is 36.0 Å². The van der Waals surface area contributed by atoms with E-state index in [9.17, 15) is 4.79 Å². The van der Waals surface area contributed by atoms with Gasteiger partial charge in [-0.3, -0.25) is 4.79 Å². The minimum atomic E-state index is -0.225. The predicted octanol–water partition coefficient (Wildman–Crippen LogP) is 4.04. The third-order valence-electron chi connectivity index (χ3n) is 2.99. The van der Waals surface area contributed by atoms with E-state index in [4.69, 9.17) is 11.6 Å². The summed E-state index contributed by atoms with van der Waals surface area (Å²) in [6.07, 6.45) is 6.68. The number of halogens is 1. The summed E-state index contributed by atoms with van der Waals surface area (Å²) in [5.74, 6) is 0. The van der Waals surface area contributed by atoms with Crippen molar-refractivity contribution in [1.29, 1.82) is 0 Å². The van der Waals surface area contributed by atoms with Crippen molar-refractivity contribution < 1.29 is 4.79 Å². The molecule has 0 atom stereocenters. The second-order valence-electron chi connectivity index (χ2n) is 4.28. The number of hydrogen-bond acceptors (Lipinski definition) is 1. The third kappa shape index (κ3) is 3.34. The Kier molecular flexibility index (Phi) is 4.21. The maximum atomic E-state index is 10.6. The third-order valence-corrected chi connectivity index (χ3v) is 3.18. The zero-order valence-electron chi connectivity index (χ0n) is 9.71. The van der Waals surface area contributed by atoms with Crippen molar-refractivity contribution in [2.24, 2.45) is 0 Å². The quantitative estimate of drug-likeness (QED) is 0.608. The first-order valence-corrected chi connectivity index (χ1v) is 6.38. The fourth-order valence-electron chi connectivity index (χ4n) is 2.09. The molecule has 2 nitrogen and oxygen atoms in total. The molecule has 0 fully saturated rings. The summed E-state index contributed by atoms with van der Waals surface area (Å²) in [5.41, 5.74) is 2.55. The van der Waals surface area contributed by atoms with E-state index in [1.807, 2.05) is 6.07 Å². The summed E-state index contributed by atoms with van der Waals surface area (Å²) < 4.78 is 0. The molecule has 1 aromatic heterocycles. The zero-order valence-corrected chi connectivity index (χ0v) is 10.5. The average Bonchev–Trinajstić information content (AvgIpc) is 2.72. The molecular formula is C14H16ClNO. The summed E-state index contributed by atoms with van der Waals surface area (Å²) >= 11 is 5.29. The second kappa shape index (κ2) is 5.87. The van der Waals surface area contributed by atoms with E-state index in [-0.39, 0.29) is 5.24 Å². The molecule has 0 radical (unpaired) electrons. The number of benzene rings is 1. The minimum absolute atomic E-state index is 0.225. The first-order chi connectivity index (χ1) is 8.27. The van der Waals surface area contributed by atoms with Gasteiger partial charge in [-0.1, -0.05) is 24.6 Å². The van der Waals surface area contributed by atoms with Gasteiger partial charge in [0.1, 0.15) is 0 Å². The van der Waals surface area contributed by atoms with Crippen LogP contribution in [-0.4, -0.2) is 10.2 Å². The smallest absolute Gasteiger partial charge is 0.221 e.